The average Bonchev–Trinajstić information content (AvgIpc) is 3.32. The summed E-state index contributed by atoms with van der Waals surface area (Å²) in [6.45, 7) is -0.186. The maximum atomic E-state index is 13.2. The van der Waals surface area contributed by atoms with Crippen LogP contribution in [-0.4, -0.2) is 51.5 Å². The van der Waals surface area contributed by atoms with Crippen LogP contribution in [0.1, 0.15) is 35.1 Å². The summed E-state index contributed by atoms with van der Waals surface area (Å²) in [7, 11) is 0. The highest BCUT2D eigenvalue weighted by atomic mass is 16.6. The Morgan fingerprint density at radius 1 is 1.06 bits per heavy atom. The second kappa shape index (κ2) is 8.26. The minimum Gasteiger partial charge on any atom is -0.448 e. The van der Waals surface area contributed by atoms with Gasteiger partial charge in [0.25, 0.3) is 0 Å². The summed E-state index contributed by atoms with van der Waals surface area (Å²) >= 11 is 0. The zero-order chi connectivity index (χ0) is 22.2. The number of nitrogens with two attached hydrogens (primary N) is 1. The molecule has 3 aromatic rings. The van der Waals surface area contributed by atoms with Crippen LogP contribution >= 0.6 is 0 Å². The van der Waals surface area contributed by atoms with E-state index >= 15 is 0 Å². The van der Waals surface area contributed by atoms with Crippen molar-refractivity contribution in [1.29, 1.82) is 0 Å². The molecule has 5 rings (SSSR count). The van der Waals surface area contributed by atoms with Crippen LogP contribution in [0.15, 0.2) is 66.9 Å². The molecule has 1 aliphatic heterocycles. The van der Waals surface area contributed by atoms with Crippen molar-refractivity contribution >= 4 is 11.9 Å². The van der Waals surface area contributed by atoms with Crippen LogP contribution in [0.2, 0.25) is 0 Å². The van der Waals surface area contributed by atoms with Crippen molar-refractivity contribution in [3.8, 4) is 11.1 Å². The smallest absolute Gasteiger partial charge is 0.410 e. The number of pyridine rings is 1. The van der Waals surface area contributed by atoms with Crippen molar-refractivity contribution in [3.05, 3.63) is 83.6 Å². The first-order chi connectivity index (χ1) is 15.6. The van der Waals surface area contributed by atoms with Gasteiger partial charge < -0.3 is 20.7 Å². The van der Waals surface area contributed by atoms with E-state index in [1.165, 1.54) is 4.90 Å². The normalized spacial score (nSPS) is 21.9. The highest BCUT2D eigenvalue weighted by molar-refractivity contribution is 5.79. The standard InChI is InChI=1S/C25H25N3O4/c26-24-10-9-15(12-27-24)21-11-23(30)22(13-29)28(21)25(31)32-14-20-18-7-3-1-5-16(18)17-6-2-4-8-19(17)20/h1-10,12,20-23,29-30H,11,13-14H2,(H2,26,27)/t21-,22-,23+/m1/s1. The number of aliphatic hydroxyl groups excluding tert-OH is 2. The molecule has 1 aromatic heterocycles. The van der Waals surface area contributed by atoms with E-state index < -0.39 is 24.3 Å². The Kier molecular flexibility index (Phi) is 5.28. The Bertz CT molecular complexity index is 1090. The van der Waals surface area contributed by atoms with Crippen molar-refractivity contribution in [2.75, 3.05) is 18.9 Å². The summed E-state index contributed by atoms with van der Waals surface area (Å²) < 4.78 is 5.80. The second-order valence-electron chi connectivity index (χ2n) is 8.30. The van der Waals surface area contributed by atoms with Gasteiger partial charge in [0.15, 0.2) is 0 Å². The maximum Gasteiger partial charge on any atom is 0.410 e. The van der Waals surface area contributed by atoms with Gasteiger partial charge in [-0.25, -0.2) is 9.78 Å². The fourth-order valence-electron chi connectivity index (χ4n) is 4.97. The van der Waals surface area contributed by atoms with E-state index in [-0.39, 0.29) is 19.1 Å². The first-order valence-corrected chi connectivity index (χ1v) is 10.7. The first-order valence-electron chi connectivity index (χ1n) is 10.7. The summed E-state index contributed by atoms with van der Waals surface area (Å²) in [6.07, 6.45) is 0.462. The van der Waals surface area contributed by atoms with Gasteiger partial charge in [-0.05, 0) is 33.9 Å². The summed E-state index contributed by atoms with van der Waals surface area (Å²) in [5, 5.41) is 20.3. The van der Waals surface area contributed by atoms with Crippen molar-refractivity contribution < 1.29 is 19.7 Å². The summed E-state index contributed by atoms with van der Waals surface area (Å²) in [5.74, 6) is 0.307. The molecule has 4 N–H and O–H groups in total. The highest BCUT2D eigenvalue weighted by Crippen LogP contribution is 2.45. The van der Waals surface area contributed by atoms with Crippen LogP contribution < -0.4 is 5.73 Å². The number of amides is 1. The van der Waals surface area contributed by atoms with Gasteiger partial charge in [0.05, 0.1) is 24.8 Å². The molecule has 7 heteroatoms. The second-order valence-corrected chi connectivity index (χ2v) is 8.30. The largest absolute Gasteiger partial charge is 0.448 e. The third kappa shape index (κ3) is 3.39. The lowest BCUT2D eigenvalue weighted by molar-refractivity contribution is 0.0430. The molecule has 0 saturated carbocycles. The zero-order valence-corrected chi connectivity index (χ0v) is 17.5. The van der Waals surface area contributed by atoms with Crippen molar-refractivity contribution in [3.63, 3.8) is 0 Å². The number of carbonyl (C=O) groups is 1. The van der Waals surface area contributed by atoms with E-state index in [0.29, 0.717) is 12.2 Å². The fraction of sp³-hybridized carbons (Fsp3) is 0.280. The number of benzene rings is 2. The van der Waals surface area contributed by atoms with Crippen LogP contribution in [0.3, 0.4) is 0 Å². The lowest BCUT2D eigenvalue weighted by atomic mass is 9.98. The van der Waals surface area contributed by atoms with Gasteiger partial charge in [-0.3, -0.25) is 4.90 Å². The Morgan fingerprint density at radius 2 is 1.72 bits per heavy atom. The molecule has 0 unspecified atom stereocenters. The van der Waals surface area contributed by atoms with Gasteiger partial charge in [-0.15, -0.1) is 0 Å². The fourth-order valence-corrected chi connectivity index (χ4v) is 4.97. The highest BCUT2D eigenvalue weighted by Gasteiger charge is 2.45. The zero-order valence-electron chi connectivity index (χ0n) is 17.5. The molecule has 2 heterocycles. The molecular weight excluding hydrogens is 406 g/mol. The maximum absolute atomic E-state index is 13.2. The summed E-state index contributed by atoms with van der Waals surface area (Å²) in [5.41, 5.74) is 11.0. The number of fused-ring (bicyclic) bond motifs is 3. The van der Waals surface area contributed by atoms with Crippen LogP contribution in [0.25, 0.3) is 11.1 Å². The minimum absolute atomic E-state index is 0.0666. The molecule has 7 nitrogen and oxygen atoms in total. The van der Waals surface area contributed by atoms with Crippen molar-refractivity contribution in [2.24, 2.45) is 0 Å². The summed E-state index contributed by atoms with van der Waals surface area (Å²) in [4.78, 5) is 18.8. The number of hydrogen-bond donors (Lipinski definition) is 3. The third-order valence-electron chi connectivity index (χ3n) is 6.53. The number of aliphatic hydroxyl groups is 2. The Labute approximate surface area is 186 Å². The topological polar surface area (TPSA) is 109 Å². The number of anilines is 1. The van der Waals surface area contributed by atoms with E-state index in [0.717, 1.165) is 27.8 Å². The van der Waals surface area contributed by atoms with Crippen LogP contribution in [0.5, 0.6) is 0 Å². The molecule has 1 aliphatic carbocycles. The summed E-state index contributed by atoms with van der Waals surface area (Å²) in [6, 6.07) is 18.5. The predicted molar refractivity (Wildman–Crippen MR) is 120 cm³/mol. The molecule has 1 fully saturated rings. The van der Waals surface area contributed by atoms with E-state index in [4.69, 9.17) is 10.5 Å². The lowest BCUT2D eigenvalue weighted by Crippen LogP contribution is -2.43. The van der Waals surface area contributed by atoms with Crippen molar-refractivity contribution in [2.45, 2.75) is 30.5 Å². The first kappa shape index (κ1) is 20.5. The molecule has 1 saturated heterocycles. The monoisotopic (exact) mass is 431 g/mol. The molecule has 1 amide bonds. The molecule has 2 aromatic carbocycles. The number of nitrogen functional groups attached to an aromatic ring is 1. The number of hydrogen-bond acceptors (Lipinski definition) is 6. The number of likely N-dealkylation sites (tertiary alicyclic amines) is 1. The number of aromatic nitrogens is 1. The number of ether oxygens (including phenoxy) is 1. The minimum atomic E-state index is -0.858. The lowest BCUT2D eigenvalue weighted by Gasteiger charge is -2.29. The Morgan fingerprint density at radius 3 is 2.31 bits per heavy atom. The van der Waals surface area contributed by atoms with Gasteiger partial charge in [0.2, 0.25) is 0 Å². The molecule has 0 spiro atoms. The number of rotatable bonds is 4. The SMILES string of the molecule is Nc1ccc([C@H]2C[C@H](O)[C@@H](CO)N2C(=O)OCC2c3ccccc3-c3ccccc32)cn1. The van der Waals surface area contributed by atoms with Gasteiger partial charge in [0, 0.05) is 18.5 Å². The Balaban J connectivity index is 1.39. The average molecular weight is 431 g/mol. The molecular formula is C25H25N3O4. The van der Waals surface area contributed by atoms with Gasteiger partial charge >= 0.3 is 6.09 Å². The molecule has 0 radical (unpaired) electrons. The Hall–Kier alpha value is -3.42. The van der Waals surface area contributed by atoms with E-state index in [2.05, 4.69) is 29.2 Å². The van der Waals surface area contributed by atoms with Crippen LogP contribution in [0.4, 0.5) is 10.6 Å². The van der Waals surface area contributed by atoms with E-state index in [1.807, 2.05) is 24.3 Å². The van der Waals surface area contributed by atoms with Gasteiger partial charge in [0.1, 0.15) is 12.4 Å². The van der Waals surface area contributed by atoms with Gasteiger partial charge in [-0.2, -0.15) is 0 Å². The van der Waals surface area contributed by atoms with E-state index in [1.54, 1.807) is 18.3 Å². The molecule has 0 bridgehead atoms. The third-order valence-corrected chi connectivity index (χ3v) is 6.53. The quantitative estimate of drug-likeness (QED) is 0.586. The van der Waals surface area contributed by atoms with Gasteiger partial charge in [-0.1, -0.05) is 54.6 Å². The number of nitrogens with zero attached hydrogens (tertiary/aromatic N) is 2. The molecule has 164 valence electrons. The molecule has 2 aliphatic rings. The van der Waals surface area contributed by atoms with Crippen molar-refractivity contribution in [1.82, 2.24) is 9.88 Å². The molecule has 32 heavy (non-hydrogen) atoms. The van der Waals surface area contributed by atoms with Crippen LogP contribution in [-0.2, 0) is 4.74 Å². The van der Waals surface area contributed by atoms with E-state index in [9.17, 15) is 15.0 Å². The number of carbonyl (C=O) groups excluding carboxylic acids is 1. The predicted octanol–water partition coefficient (Wildman–Crippen LogP) is 3.08. The molecule has 3 atom stereocenters. The van der Waals surface area contributed by atoms with Crippen LogP contribution in [0, 0.1) is 0 Å².